The van der Waals surface area contributed by atoms with E-state index < -0.39 is 42.3 Å². The molecule has 5 atom stereocenters. The first-order valence-corrected chi connectivity index (χ1v) is 22.8. The minimum absolute atomic E-state index is 0.0660. The molecule has 7 rings (SSSR count). The highest BCUT2D eigenvalue weighted by Gasteiger charge is 2.45. The molecule has 0 saturated carbocycles. The first kappa shape index (κ1) is 48.2. The molecule has 0 bridgehead atoms. The lowest BCUT2D eigenvalue weighted by Gasteiger charge is -2.31. The maximum absolute atomic E-state index is 14.1. The molecule has 0 aliphatic carbocycles. The van der Waals surface area contributed by atoms with Crippen LogP contribution in [0.5, 0.6) is 17.2 Å². The van der Waals surface area contributed by atoms with E-state index in [1.165, 1.54) is 24.1 Å². The van der Waals surface area contributed by atoms with Gasteiger partial charge < -0.3 is 50.2 Å². The standard InChI is InChI=1S/C50H61N7O10/c1-28(2)44(45(51)58)54-46(59)32(6)52-23-33-11-13-34(14-12-33)27-67-50(63)57-39-22-43(42(64-7)20-37(39)48(61)56-26-30(4)18-40(56)49(57)62)66-16-10-8-9-15-65-41-21-38-36(19-31(41)5)47(60)55-25-29(3)17-35(55)24-53-38/h11-14,19-22,24-26,28,32,35,40,44,49,52,62H,8-10,15-18,23,27H2,1-7H3,(H2,51,58)(H,54,59)/t32-,35-,40-,44-,49-/m0/s1. The number of aliphatic hydroxyl groups excluding tert-OH is 1. The average Bonchev–Trinajstić information content (AvgIpc) is 3.84. The monoisotopic (exact) mass is 919 g/mol. The van der Waals surface area contributed by atoms with Crippen molar-refractivity contribution in [3.63, 3.8) is 0 Å². The molecule has 4 aliphatic rings. The van der Waals surface area contributed by atoms with Gasteiger partial charge in [-0.3, -0.25) is 24.2 Å². The van der Waals surface area contributed by atoms with E-state index in [1.807, 2.05) is 57.5 Å². The molecular weight excluding hydrogens is 859 g/mol. The van der Waals surface area contributed by atoms with Crippen molar-refractivity contribution >= 4 is 47.3 Å². The summed E-state index contributed by atoms with van der Waals surface area (Å²) in [5, 5.41) is 17.7. The number of aliphatic hydroxyl groups is 1. The van der Waals surface area contributed by atoms with E-state index in [4.69, 9.17) is 24.7 Å². The first-order chi connectivity index (χ1) is 32.0. The topological polar surface area (TPSA) is 215 Å². The van der Waals surface area contributed by atoms with Crippen LogP contribution in [0.25, 0.3) is 0 Å². The van der Waals surface area contributed by atoms with Crippen molar-refractivity contribution in [3.8, 4) is 17.2 Å². The van der Waals surface area contributed by atoms with Crippen molar-refractivity contribution in [2.45, 2.75) is 117 Å². The molecule has 4 aliphatic heterocycles. The molecule has 0 unspecified atom stereocenters. The third-order valence-electron chi connectivity index (χ3n) is 12.4. The number of rotatable bonds is 18. The fourth-order valence-corrected chi connectivity index (χ4v) is 8.61. The molecule has 356 valence electrons. The second kappa shape index (κ2) is 20.8. The van der Waals surface area contributed by atoms with E-state index in [0.717, 1.165) is 46.4 Å². The molecule has 67 heavy (non-hydrogen) atoms. The summed E-state index contributed by atoms with van der Waals surface area (Å²) in [5.41, 5.74) is 11.2. The molecule has 0 spiro atoms. The van der Waals surface area contributed by atoms with Gasteiger partial charge in [0.15, 0.2) is 17.7 Å². The summed E-state index contributed by atoms with van der Waals surface area (Å²) in [7, 11) is 1.47. The van der Waals surface area contributed by atoms with Gasteiger partial charge in [0.1, 0.15) is 18.4 Å². The predicted molar refractivity (Wildman–Crippen MR) is 251 cm³/mol. The van der Waals surface area contributed by atoms with Crippen molar-refractivity contribution < 1.29 is 48.0 Å². The number of nitrogens with two attached hydrogens (primary N) is 1. The molecule has 3 aromatic carbocycles. The number of aliphatic imine (C=N–C) groups is 1. The van der Waals surface area contributed by atoms with Gasteiger partial charge in [0.2, 0.25) is 11.8 Å². The summed E-state index contributed by atoms with van der Waals surface area (Å²) in [6.07, 6.45) is 6.37. The molecule has 5 N–H and O–H groups in total. The number of aryl methyl sites for hydroxylation is 1. The number of methoxy groups -OCH3 is 1. The summed E-state index contributed by atoms with van der Waals surface area (Å²) in [6, 6.07) is 11.8. The van der Waals surface area contributed by atoms with E-state index in [2.05, 4.69) is 15.6 Å². The Labute approximate surface area is 390 Å². The van der Waals surface area contributed by atoms with Crippen molar-refractivity contribution in [3.05, 3.63) is 99.9 Å². The summed E-state index contributed by atoms with van der Waals surface area (Å²) in [5.74, 6) is -0.317. The van der Waals surface area contributed by atoms with Gasteiger partial charge in [-0.1, -0.05) is 49.3 Å². The van der Waals surface area contributed by atoms with E-state index in [-0.39, 0.29) is 53.1 Å². The number of unbranched alkanes of at least 4 members (excludes halogenated alkanes) is 2. The molecule has 0 radical (unpaired) electrons. The summed E-state index contributed by atoms with van der Waals surface area (Å²) in [6.45, 7) is 12.0. The third-order valence-corrected chi connectivity index (χ3v) is 12.4. The van der Waals surface area contributed by atoms with Gasteiger partial charge in [-0.15, -0.1) is 0 Å². The number of primary amides is 1. The van der Waals surface area contributed by atoms with Crippen LogP contribution in [-0.2, 0) is 27.5 Å². The molecule has 5 amide bonds. The zero-order valence-corrected chi connectivity index (χ0v) is 39.2. The Morgan fingerprint density at radius 2 is 1.49 bits per heavy atom. The highest BCUT2D eigenvalue weighted by molar-refractivity contribution is 6.07. The number of anilines is 1. The Hall–Kier alpha value is -6.72. The van der Waals surface area contributed by atoms with Gasteiger partial charge in [0, 0.05) is 37.3 Å². The van der Waals surface area contributed by atoms with Gasteiger partial charge in [0.05, 0.1) is 61.0 Å². The van der Waals surface area contributed by atoms with Gasteiger partial charge in [-0.25, -0.2) is 9.69 Å². The summed E-state index contributed by atoms with van der Waals surface area (Å²) >= 11 is 0. The number of ether oxygens (including phenoxy) is 4. The predicted octanol–water partition coefficient (Wildman–Crippen LogP) is 6.16. The summed E-state index contributed by atoms with van der Waals surface area (Å²) < 4.78 is 23.8. The van der Waals surface area contributed by atoms with Gasteiger partial charge >= 0.3 is 6.09 Å². The van der Waals surface area contributed by atoms with Crippen molar-refractivity contribution in [1.29, 1.82) is 0 Å². The average molecular weight is 920 g/mol. The van der Waals surface area contributed by atoms with E-state index in [0.29, 0.717) is 55.2 Å². The molecule has 0 saturated heterocycles. The maximum Gasteiger partial charge on any atom is 0.416 e. The molecule has 17 heteroatoms. The van der Waals surface area contributed by atoms with Gasteiger partial charge in [-0.2, -0.15) is 0 Å². The SMILES string of the molecule is COc1cc2c(cc1OCCCCCOc1cc3c(cc1C)C(=O)N1C=C(C)C[C@H]1C=N3)N(C(=O)OCc1ccc(CN[C@@H](C)C(=O)N[C@H](C(N)=O)C(C)C)cc1)[C@@H](O)[C@@H]1CC(C)=CN1C2=O. The van der Waals surface area contributed by atoms with E-state index >= 15 is 0 Å². The van der Waals surface area contributed by atoms with Crippen LogP contribution in [0.1, 0.15) is 104 Å². The number of nitrogens with zero attached hydrogens (tertiary/aromatic N) is 4. The zero-order chi connectivity index (χ0) is 48.1. The fraction of sp³-hybridized carbons (Fsp3) is 0.440. The minimum Gasteiger partial charge on any atom is -0.493 e. The number of hydrogen-bond donors (Lipinski definition) is 4. The van der Waals surface area contributed by atoms with Crippen LogP contribution in [0.4, 0.5) is 16.2 Å². The van der Waals surface area contributed by atoms with Gasteiger partial charge in [0.25, 0.3) is 11.8 Å². The van der Waals surface area contributed by atoms with Crippen LogP contribution in [0.15, 0.2) is 77.1 Å². The number of hydrogen-bond acceptors (Lipinski definition) is 12. The lowest BCUT2D eigenvalue weighted by Crippen LogP contribution is -2.52. The Morgan fingerprint density at radius 1 is 0.836 bits per heavy atom. The van der Waals surface area contributed by atoms with Crippen LogP contribution in [0.3, 0.4) is 0 Å². The van der Waals surface area contributed by atoms with Crippen LogP contribution >= 0.6 is 0 Å². The second-order valence-electron chi connectivity index (χ2n) is 18.0. The molecule has 17 nitrogen and oxygen atoms in total. The number of carbonyl (C=O) groups is 5. The number of carbonyl (C=O) groups excluding carboxylic acids is 5. The molecular formula is C50H61N7O10. The normalized spacial score (nSPS) is 19.3. The first-order valence-electron chi connectivity index (χ1n) is 22.8. The number of nitrogens with one attached hydrogen (secondary N) is 2. The van der Waals surface area contributed by atoms with Crippen LogP contribution in [0.2, 0.25) is 0 Å². The zero-order valence-electron chi connectivity index (χ0n) is 39.2. The Morgan fingerprint density at radius 3 is 2.18 bits per heavy atom. The Balaban J connectivity index is 0.959. The Kier molecular flexibility index (Phi) is 15.0. The maximum atomic E-state index is 14.1. The fourth-order valence-electron chi connectivity index (χ4n) is 8.61. The Bertz CT molecular complexity index is 2480. The molecule has 4 heterocycles. The lowest BCUT2D eigenvalue weighted by molar-refractivity contribution is -0.129. The summed E-state index contributed by atoms with van der Waals surface area (Å²) in [4.78, 5) is 74.8. The molecule has 0 fully saturated rings. The highest BCUT2D eigenvalue weighted by atomic mass is 16.6. The van der Waals surface area contributed by atoms with Crippen LogP contribution < -0.4 is 35.5 Å². The highest BCUT2D eigenvalue weighted by Crippen LogP contribution is 2.42. The van der Waals surface area contributed by atoms with Crippen LogP contribution in [0, 0.1) is 12.8 Å². The minimum atomic E-state index is -1.45. The number of benzene rings is 3. The molecule has 3 aromatic rings. The molecule has 0 aromatic heterocycles. The van der Waals surface area contributed by atoms with E-state index in [9.17, 15) is 29.1 Å². The number of fused-ring (bicyclic) bond motifs is 4. The lowest BCUT2D eigenvalue weighted by atomic mass is 10.0. The quantitative estimate of drug-likeness (QED) is 0.106. The smallest absolute Gasteiger partial charge is 0.416 e. The van der Waals surface area contributed by atoms with Crippen LogP contribution in [-0.4, -0.2) is 102 Å². The van der Waals surface area contributed by atoms with Crippen molar-refractivity contribution in [2.24, 2.45) is 16.6 Å². The largest absolute Gasteiger partial charge is 0.493 e. The van der Waals surface area contributed by atoms with Crippen molar-refractivity contribution in [2.75, 3.05) is 25.2 Å². The van der Waals surface area contributed by atoms with E-state index in [1.54, 1.807) is 44.0 Å². The third kappa shape index (κ3) is 10.8. The van der Waals surface area contributed by atoms with Crippen molar-refractivity contribution in [1.82, 2.24) is 20.4 Å². The number of amides is 5. The van der Waals surface area contributed by atoms with Gasteiger partial charge in [-0.05, 0) is 94.5 Å². The second-order valence-corrected chi connectivity index (χ2v) is 18.0.